The summed E-state index contributed by atoms with van der Waals surface area (Å²) in [7, 11) is 1.89. The van der Waals surface area contributed by atoms with E-state index in [0.717, 1.165) is 37.1 Å². The number of carbonyl (C=O) groups excluding carboxylic acids is 1. The van der Waals surface area contributed by atoms with Crippen LogP contribution in [0.5, 0.6) is 0 Å². The lowest BCUT2D eigenvalue weighted by Gasteiger charge is -2.13. The second-order valence-electron chi connectivity index (χ2n) is 8.42. The molecule has 0 spiro atoms. The van der Waals surface area contributed by atoms with E-state index in [1.807, 2.05) is 31.3 Å². The summed E-state index contributed by atoms with van der Waals surface area (Å²) in [6, 6.07) is 10.9. The Labute approximate surface area is 198 Å². The number of nitrogens with one attached hydrogen (secondary N) is 1. The van der Waals surface area contributed by atoms with Crippen molar-refractivity contribution in [3.05, 3.63) is 87.7 Å². The fourth-order valence-electron chi connectivity index (χ4n) is 3.97. The first-order chi connectivity index (χ1) is 16.4. The Hall–Kier alpha value is -3.62. The Morgan fingerprint density at radius 2 is 2.06 bits per heavy atom. The van der Waals surface area contributed by atoms with Crippen LogP contribution in [-0.4, -0.2) is 40.1 Å². The van der Waals surface area contributed by atoms with Gasteiger partial charge in [-0.15, -0.1) is 0 Å². The van der Waals surface area contributed by atoms with Crippen molar-refractivity contribution in [3.63, 3.8) is 0 Å². The standard InChI is InChI=1S/C26H29N5O3/c1-17-26(24(32)12-22(27)19-7-5-18(6-8-19)13-28-2)30-23(14-29-17)20-9-10-25(33)31(15-20)16-21-4-3-11-34-21/h5-10,12,14-15,21,28H,3-4,11,13,16,27H2,1-2H3. The number of hydrogen-bond acceptors (Lipinski definition) is 7. The molecule has 4 rings (SSSR count). The number of ether oxygens (including phenoxy) is 1. The molecule has 2 aromatic heterocycles. The molecule has 1 aromatic carbocycles. The van der Waals surface area contributed by atoms with E-state index in [1.54, 1.807) is 30.0 Å². The number of hydrogen-bond donors (Lipinski definition) is 2. The molecule has 8 heteroatoms. The Morgan fingerprint density at radius 3 is 2.76 bits per heavy atom. The summed E-state index contributed by atoms with van der Waals surface area (Å²) in [6.45, 7) is 3.71. The van der Waals surface area contributed by atoms with Gasteiger partial charge in [0.25, 0.3) is 5.56 Å². The van der Waals surface area contributed by atoms with E-state index in [1.165, 1.54) is 12.1 Å². The van der Waals surface area contributed by atoms with Gasteiger partial charge in [-0.2, -0.15) is 0 Å². The van der Waals surface area contributed by atoms with Crippen LogP contribution in [0.15, 0.2) is 59.7 Å². The molecule has 8 nitrogen and oxygen atoms in total. The number of nitrogens with zero attached hydrogens (tertiary/aromatic N) is 3. The smallest absolute Gasteiger partial charge is 0.250 e. The maximum absolute atomic E-state index is 13.0. The van der Waals surface area contributed by atoms with E-state index in [2.05, 4.69) is 15.3 Å². The first-order valence-corrected chi connectivity index (χ1v) is 11.4. The third-order valence-electron chi connectivity index (χ3n) is 5.85. The average Bonchev–Trinajstić information content (AvgIpc) is 3.34. The zero-order valence-corrected chi connectivity index (χ0v) is 19.5. The molecular formula is C26H29N5O3. The molecule has 0 saturated carbocycles. The van der Waals surface area contributed by atoms with E-state index in [4.69, 9.17) is 10.5 Å². The average molecular weight is 460 g/mol. The molecule has 1 aliphatic rings. The van der Waals surface area contributed by atoms with Gasteiger partial charge in [-0.1, -0.05) is 24.3 Å². The van der Waals surface area contributed by atoms with Crippen molar-refractivity contribution in [2.45, 2.75) is 39.0 Å². The van der Waals surface area contributed by atoms with Crippen molar-refractivity contribution in [1.82, 2.24) is 19.9 Å². The highest BCUT2D eigenvalue weighted by molar-refractivity contribution is 6.07. The van der Waals surface area contributed by atoms with Crippen LogP contribution >= 0.6 is 0 Å². The highest BCUT2D eigenvalue weighted by atomic mass is 16.5. The summed E-state index contributed by atoms with van der Waals surface area (Å²) in [5, 5.41) is 3.10. The molecule has 3 heterocycles. The number of ketones is 1. The highest BCUT2D eigenvalue weighted by Gasteiger charge is 2.18. The Balaban J connectivity index is 1.58. The van der Waals surface area contributed by atoms with Gasteiger partial charge in [0.1, 0.15) is 5.69 Å². The number of carbonyl (C=O) groups is 1. The third kappa shape index (κ3) is 5.47. The summed E-state index contributed by atoms with van der Waals surface area (Å²) >= 11 is 0. The lowest BCUT2D eigenvalue weighted by atomic mass is 10.1. The predicted octanol–water partition coefficient (Wildman–Crippen LogP) is 2.69. The first kappa shape index (κ1) is 23.5. The minimum atomic E-state index is -0.323. The lowest BCUT2D eigenvalue weighted by Crippen LogP contribution is -2.25. The Bertz CT molecular complexity index is 1260. The number of benzene rings is 1. The van der Waals surface area contributed by atoms with E-state index in [0.29, 0.717) is 29.2 Å². The number of nitrogens with two attached hydrogens (primary N) is 1. The van der Waals surface area contributed by atoms with Crippen LogP contribution in [0.2, 0.25) is 0 Å². The molecule has 0 bridgehead atoms. The van der Waals surface area contributed by atoms with Crippen LogP contribution in [0.1, 0.15) is 40.2 Å². The van der Waals surface area contributed by atoms with Crippen molar-refractivity contribution in [2.75, 3.05) is 13.7 Å². The van der Waals surface area contributed by atoms with Crippen molar-refractivity contribution in [3.8, 4) is 11.3 Å². The van der Waals surface area contributed by atoms with Gasteiger partial charge in [-0.05, 0) is 44.0 Å². The van der Waals surface area contributed by atoms with Gasteiger partial charge >= 0.3 is 0 Å². The molecule has 176 valence electrons. The van der Waals surface area contributed by atoms with Gasteiger partial charge in [-0.3, -0.25) is 14.6 Å². The molecule has 1 unspecified atom stereocenters. The molecule has 3 N–H and O–H groups in total. The molecule has 1 aliphatic heterocycles. The van der Waals surface area contributed by atoms with Crippen molar-refractivity contribution >= 4 is 11.5 Å². The Kier molecular flexibility index (Phi) is 7.30. The molecule has 0 aliphatic carbocycles. The SMILES string of the molecule is CNCc1ccc(C(N)=CC(=O)c2nc(-c3ccc(=O)n(CC4CCCO4)c3)cnc2C)cc1. The summed E-state index contributed by atoms with van der Waals surface area (Å²) in [6.07, 6.45) is 6.71. The van der Waals surface area contributed by atoms with Gasteiger partial charge in [0.2, 0.25) is 5.78 Å². The lowest BCUT2D eigenvalue weighted by molar-refractivity contribution is 0.0962. The fourth-order valence-corrected chi connectivity index (χ4v) is 3.97. The van der Waals surface area contributed by atoms with Crippen LogP contribution in [0.4, 0.5) is 0 Å². The second kappa shape index (κ2) is 10.5. The predicted molar refractivity (Wildman–Crippen MR) is 131 cm³/mol. The number of rotatable bonds is 8. The van der Waals surface area contributed by atoms with Gasteiger partial charge in [-0.25, -0.2) is 4.98 Å². The summed E-state index contributed by atoms with van der Waals surface area (Å²) < 4.78 is 7.29. The van der Waals surface area contributed by atoms with Crippen molar-refractivity contribution in [2.24, 2.45) is 5.73 Å². The van der Waals surface area contributed by atoms with Gasteiger partial charge in [0, 0.05) is 42.8 Å². The maximum atomic E-state index is 13.0. The van der Waals surface area contributed by atoms with Crippen LogP contribution in [0.3, 0.4) is 0 Å². The number of allylic oxidation sites excluding steroid dienone is 1. The minimum Gasteiger partial charge on any atom is -0.398 e. The number of aryl methyl sites for hydroxylation is 1. The second-order valence-corrected chi connectivity index (χ2v) is 8.42. The zero-order valence-electron chi connectivity index (χ0n) is 19.5. The summed E-state index contributed by atoms with van der Waals surface area (Å²) in [5.74, 6) is -0.323. The zero-order chi connectivity index (χ0) is 24.1. The van der Waals surface area contributed by atoms with Gasteiger partial charge < -0.3 is 20.4 Å². The third-order valence-corrected chi connectivity index (χ3v) is 5.85. The Morgan fingerprint density at radius 1 is 1.26 bits per heavy atom. The number of pyridine rings is 1. The first-order valence-electron chi connectivity index (χ1n) is 11.4. The number of aromatic nitrogens is 3. The molecule has 1 saturated heterocycles. The molecule has 1 atom stereocenters. The van der Waals surface area contributed by atoms with E-state index in [9.17, 15) is 9.59 Å². The van der Waals surface area contributed by atoms with Crippen molar-refractivity contribution in [1.29, 1.82) is 0 Å². The maximum Gasteiger partial charge on any atom is 0.250 e. The van der Waals surface area contributed by atoms with E-state index >= 15 is 0 Å². The molecule has 1 fully saturated rings. The quantitative estimate of drug-likeness (QED) is 0.393. The van der Waals surface area contributed by atoms with Gasteiger partial charge in [0.15, 0.2) is 0 Å². The summed E-state index contributed by atoms with van der Waals surface area (Å²) in [5.41, 5.74) is 10.3. The minimum absolute atomic E-state index is 0.0367. The van der Waals surface area contributed by atoms with E-state index in [-0.39, 0.29) is 23.1 Å². The van der Waals surface area contributed by atoms with Crippen LogP contribution < -0.4 is 16.6 Å². The summed E-state index contributed by atoms with van der Waals surface area (Å²) in [4.78, 5) is 34.3. The largest absolute Gasteiger partial charge is 0.398 e. The van der Waals surface area contributed by atoms with Gasteiger partial charge in [0.05, 0.1) is 30.2 Å². The molecule has 0 amide bonds. The topological polar surface area (TPSA) is 112 Å². The molecule has 0 radical (unpaired) electrons. The highest BCUT2D eigenvalue weighted by Crippen LogP contribution is 2.19. The molecule has 34 heavy (non-hydrogen) atoms. The van der Waals surface area contributed by atoms with Crippen LogP contribution in [0.25, 0.3) is 17.0 Å². The monoisotopic (exact) mass is 459 g/mol. The van der Waals surface area contributed by atoms with Crippen LogP contribution in [0, 0.1) is 6.92 Å². The fraction of sp³-hybridized carbons (Fsp3) is 0.308. The van der Waals surface area contributed by atoms with Crippen molar-refractivity contribution < 1.29 is 9.53 Å². The van der Waals surface area contributed by atoms with Crippen LogP contribution in [-0.2, 0) is 17.8 Å². The molecule has 3 aromatic rings. The molecular weight excluding hydrogens is 430 g/mol. The normalized spacial score (nSPS) is 16.1. The van der Waals surface area contributed by atoms with E-state index < -0.39 is 0 Å².